The third kappa shape index (κ3) is 2.60. The number of benzene rings is 1. The molecular formula is C14H21N. The Balaban J connectivity index is 1.96. The molecule has 0 heterocycles. The van der Waals surface area contributed by atoms with Gasteiger partial charge >= 0.3 is 0 Å². The van der Waals surface area contributed by atoms with Crippen LogP contribution in [0.1, 0.15) is 30.4 Å². The van der Waals surface area contributed by atoms with Crippen LogP contribution in [-0.4, -0.2) is 6.54 Å². The number of aryl methyl sites for hydroxylation is 1. The topological polar surface area (TPSA) is 26.0 Å². The molecule has 0 saturated heterocycles. The standard InChI is InChI=1S/C14H21N/c1-11-5-7-12(8-6-11)9-14(10-15)13-3-2-4-13/h5-8,13-14H,2-4,9-10,15H2,1H3. The van der Waals surface area contributed by atoms with Crippen LogP contribution in [0.4, 0.5) is 0 Å². The van der Waals surface area contributed by atoms with Crippen LogP contribution in [0.15, 0.2) is 24.3 Å². The van der Waals surface area contributed by atoms with E-state index < -0.39 is 0 Å². The van der Waals surface area contributed by atoms with Gasteiger partial charge in [-0.05, 0) is 37.3 Å². The minimum absolute atomic E-state index is 0.710. The number of nitrogens with two attached hydrogens (primary N) is 1. The molecular weight excluding hydrogens is 182 g/mol. The summed E-state index contributed by atoms with van der Waals surface area (Å²) in [6, 6.07) is 8.89. The van der Waals surface area contributed by atoms with E-state index in [0.29, 0.717) is 5.92 Å². The first-order valence-corrected chi connectivity index (χ1v) is 6.05. The predicted molar refractivity (Wildman–Crippen MR) is 64.8 cm³/mol. The smallest absolute Gasteiger partial charge is 0.00430 e. The monoisotopic (exact) mass is 203 g/mol. The first-order chi connectivity index (χ1) is 7.29. The molecule has 1 unspecified atom stereocenters. The molecule has 1 fully saturated rings. The zero-order chi connectivity index (χ0) is 10.7. The van der Waals surface area contributed by atoms with E-state index in [-0.39, 0.29) is 0 Å². The fourth-order valence-corrected chi connectivity index (χ4v) is 2.38. The summed E-state index contributed by atoms with van der Waals surface area (Å²) in [4.78, 5) is 0. The second kappa shape index (κ2) is 4.80. The highest BCUT2D eigenvalue weighted by Gasteiger charge is 2.25. The summed E-state index contributed by atoms with van der Waals surface area (Å²) < 4.78 is 0. The number of hydrogen-bond donors (Lipinski definition) is 1. The van der Waals surface area contributed by atoms with Gasteiger partial charge in [0.15, 0.2) is 0 Å². The van der Waals surface area contributed by atoms with Crippen LogP contribution >= 0.6 is 0 Å². The maximum atomic E-state index is 5.86. The van der Waals surface area contributed by atoms with Crippen LogP contribution in [0.25, 0.3) is 0 Å². The van der Waals surface area contributed by atoms with Crippen molar-refractivity contribution in [2.45, 2.75) is 32.6 Å². The fourth-order valence-electron chi connectivity index (χ4n) is 2.38. The molecule has 1 aromatic carbocycles. The van der Waals surface area contributed by atoms with Gasteiger partial charge in [-0.1, -0.05) is 49.1 Å². The molecule has 2 N–H and O–H groups in total. The van der Waals surface area contributed by atoms with Crippen molar-refractivity contribution in [3.8, 4) is 0 Å². The molecule has 0 radical (unpaired) electrons. The largest absolute Gasteiger partial charge is 0.330 e. The van der Waals surface area contributed by atoms with Gasteiger partial charge in [0.25, 0.3) is 0 Å². The first kappa shape index (κ1) is 10.7. The minimum atomic E-state index is 0.710. The first-order valence-electron chi connectivity index (χ1n) is 6.05. The molecule has 82 valence electrons. The molecule has 1 aliphatic rings. The van der Waals surface area contributed by atoms with E-state index in [1.54, 1.807) is 0 Å². The Hall–Kier alpha value is -0.820. The average molecular weight is 203 g/mol. The third-order valence-electron chi connectivity index (χ3n) is 3.74. The molecule has 0 aliphatic heterocycles. The zero-order valence-corrected chi connectivity index (χ0v) is 9.58. The molecule has 0 spiro atoms. The summed E-state index contributed by atoms with van der Waals surface area (Å²) >= 11 is 0. The highest BCUT2D eigenvalue weighted by Crippen LogP contribution is 2.34. The quantitative estimate of drug-likeness (QED) is 0.800. The molecule has 1 atom stereocenters. The molecule has 0 bridgehead atoms. The molecule has 15 heavy (non-hydrogen) atoms. The number of rotatable bonds is 4. The molecule has 0 amide bonds. The van der Waals surface area contributed by atoms with Crippen molar-refractivity contribution >= 4 is 0 Å². The molecule has 0 aromatic heterocycles. The zero-order valence-electron chi connectivity index (χ0n) is 9.58. The molecule has 1 aromatic rings. The summed E-state index contributed by atoms with van der Waals surface area (Å²) in [5.74, 6) is 1.61. The van der Waals surface area contributed by atoms with Gasteiger partial charge in [0.05, 0.1) is 0 Å². The van der Waals surface area contributed by atoms with Crippen molar-refractivity contribution in [1.82, 2.24) is 0 Å². The van der Waals surface area contributed by atoms with E-state index in [9.17, 15) is 0 Å². The van der Waals surface area contributed by atoms with Crippen LogP contribution in [0.2, 0.25) is 0 Å². The van der Waals surface area contributed by atoms with E-state index in [4.69, 9.17) is 5.73 Å². The predicted octanol–water partition coefficient (Wildman–Crippen LogP) is 2.91. The van der Waals surface area contributed by atoms with Gasteiger partial charge in [-0.2, -0.15) is 0 Å². The third-order valence-corrected chi connectivity index (χ3v) is 3.74. The lowest BCUT2D eigenvalue weighted by atomic mass is 9.73. The Labute approximate surface area is 92.7 Å². The Morgan fingerprint density at radius 2 is 1.93 bits per heavy atom. The highest BCUT2D eigenvalue weighted by molar-refractivity contribution is 5.21. The summed E-state index contributed by atoms with van der Waals surface area (Å²) in [7, 11) is 0. The van der Waals surface area contributed by atoms with Crippen LogP contribution in [0, 0.1) is 18.8 Å². The van der Waals surface area contributed by atoms with Gasteiger partial charge in [-0.25, -0.2) is 0 Å². The highest BCUT2D eigenvalue weighted by atomic mass is 14.6. The van der Waals surface area contributed by atoms with E-state index in [1.807, 2.05) is 0 Å². The van der Waals surface area contributed by atoms with Crippen LogP contribution in [-0.2, 0) is 6.42 Å². The molecule has 1 saturated carbocycles. The lowest BCUT2D eigenvalue weighted by molar-refractivity contribution is 0.209. The van der Waals surface area contributed by atoms with Crippen molar-refractivity contribution in [1.29, 1.82) is 0 Å². The van der Waals surface area contributed by atoms with E-state index in [1.165, 1.54) is 36.8 Å². The van der Waals surface area contributed by atoms with Gasteiger partial charge in [0.2, 0.25) is 0 Å². The van der Waals surface area contributed by atoms with E-state index >= 15 is 0 Å². The van der Waals surface area contributed by atoms with E-state index in [2.05, 4.69) is 31.2 Å². The fraction of sp³-hybridized carbons (Fsp3) is 0.571. The second-order valence-corrected chi connectivity index (χ2v) is 4.88. The molecule has 1 heteroatoms. The second-order valence-electron chi connectivity index (χ2n) is 4.88. The summed E-state index contributed by atoms with van der Waals surface area (Å²) in [5, 5.41) is 0. The van der Waals surface area contributed by atoms with E-state index in [0.717, 1.165) is 12.5 Å². The average Bonchev–Trinajstić information content (AvgIpc) is 2.17. The minimum Gasteiger partial charge on any atom is -0.330 e. The molecule has 1 aliphatic carbocycles. The van der Waals surface area contributed by atoms with Gasteiger partial charge in [-0.15, -0.1) is 0 Å². The number of hydrogen-bond acceptors (Lipinski definition) is 1. The Kier molecular flexibility index (Phi) is 3.42. The van der Waals surface area contributed by atoms with Gasteiger partial charge < -0.3 is 5.73 Å². The molecule has 2 rings (SSSR count). The van der Waals surface area contributed by atoms with Crippen molar-refractivity contribution in [3.05, 3.63) is 35.4 Å². The summed E-state index contributed by atoms with van der Waals surface area (Å²) in [6.45, 7) is 2.98. The lowest BCUT2D eigenvalue weighted by Crippen LogP contribution is -2.30. The van der Waals surface area contributed by atoms with Crippen molar-refractivity contribution < 1.29 is 0 Å². The van der Waals surface area contributed by atoms with Crippen molar-refractivity contribution in [2.75, 3.05) is 6.54 Å². The summed E-state index contributed by atoms with van der Waals surface area (Å²) in [6.07, 6.45) is 5.37. The Morgan fingerprint density at radius 1 is 1.27 bits per heavy atom. The maximum Gasteiger partial charge on any atom is -0.00430 e. The van der Waals surface area contributed by atoms with Crippen molar-refractivity contribution in [3.63, 3.8) is 0 Å². The van der Waals surface area contributed by atoms with Gasteiger partial charge in [-0.3, -0.25) is 0 Å². The molecule has 1 nitrogen and oxygen atoms in total. The SMILES string of the molecule is Cc1ccc(CC(CN)C2CCC2)cc1. The Morgan fingerprint density at radius 3 is 2.40 bits per heavy atom. The van der Waals surface area contributed by atoms with Crippen LogP contribution in [0.5, 0.6) is 0 Å². The van der Waals surface area contributed by atoms with Crippen molar-refractivity contribution in [2.24, 2.45) is 17.6 Å². The Bertz CT molecular complexity index is 298. The summed E-state index contributed by atoms with van der Waals surface area (Å²) in [5.41, 5.74) is 8.65. The van der Waals surface area contributed by atoms with Gasteiger partial charge in [0.1, 0.15) is 0 Å². The van der Waals surface area contributed by atoms with Gasteiger partial charge in [0, 0.05) is 0 Å². The normalized spacial score (nSPS) is 18.5. The van der Waals surface area contributed by atoms with Crippen LogP contribution < -0.4 is 5.73 Å². The maximum absolute atomic E-state index is 5.86. The van der Waals surface area contributed by atoms with Crippen LogP contribution in [0.3, 0.4) is 0 Å². The lowest BCUT2D eigenvalue weighted by Gasteiger charge is -2.33.